The van der Waals surface area contributed by atoms with Gasteiger partial charge in [-0.2, -0.15) is 0 Å². The lowest BCUT2D eigenvalue weighted by atomic mass is 9.96. The molecule has 0 N–H and O–H groups in total. The Labute approximate surface area is 274 Å². The van der Waals surface area contributed by atoms with E-state index in [1.807, 2.05) is 11.3 Å². The number of hydrogen-bond donors (Lipinski definition) is 0. The SMILES string of the molecule is c1ccc(-n2c3ccccc3c3cc(-c4cc5ccc6cccc7c6c5c(c4)n7-c4ccc5sc6ccccc6c5c4)ccc32)cc1. The van der Waals surface area contributed by atoms with Gasteiger partial charge in [-0.3, -0.25) is 0 Å². The van der Waals surface area contributed by atoms with Crippen molar-refractivity contribution in [1.82, 2.24) is 9.13 Å². The molecule has 0 amide bonds. The monoisotopic (exact) mass is 614 g/mol. The number of nitrogens with zero attached hydrogens (tertiary/aromatic N) is 2. The Morgan fingerprint density at radius 1 is 0.340 bits per heavy atom. The van der Waals surface area contributed by atoms with Gasteiger partial charge in [0.2, 0.25) is 0 Å². The molecule has 8 aromatic carbocycles. The average molecular weight is 615 g/mol. The Balaban J connectivity index is 1.19. The molecule has 0 bridgehead atoms. The molecule has 11 rings (SSSR count). The van der Waals surface area contributed by atoms with E-state index in [4.69, 9.17) is 0 Å². The minimum absolute atomic E-state index is 1.18. The third-order valence-corrected chi connectivity index (χ3v) is 11.2. The maximum atomic E-state index is 2.49. The van der Waals surface area contributed by atoms with Crippen LogP contribution in [-0.2, 0) is 0 Å². The first-order chi connectivity index (χ1) is 23.3. The van der Waals surface area contributed by atoms with Crippen LogP contribution in [0.2, 0.25) is 0 Å². The Hall–Kier alpha value is -5.90. The summed E-state index contributed by atoms with van der Waals surface area (Å²) in [6.45, 7) is 0. The van der Waals surface area contributed by atoms with Crippen LogP contribution in [-0.4, -0.2) is 9.13 Å². The van der Waals surface area contributed by atoms with Crippen molar-refractivity contribution in [3.63, 3.8) is 0 Å². The van der Waals surface area contributed by atoms with Crippen LogP contribution < -0.4 is 0 Å². The highest BCUT2D eigenvalue weighted by Crippen LogP contribution is 2.43. The summed E-state index contributed by atoms with van der Waals surface area (Å²) in [5.74, 6) is 0. The highest BCUT2D eigenvalue weighted by atomic mass is 32.1. The summed E-state index contributed by atoms with van der Waals surface area (Å²) >= 11 is 1.87. The zero-order chi connectivity index (χ0) is 30.6. The molecule has 0 atom stereocenters. The first-order valence-corrected chi connectivity index (χ1v) is 16.9. The van der Waals surface area contributed by atoms with Gasteiger partial charge in [0, 0.05) is 53.1 Å². The van der Waals surface area contributed by atoms with E-state index in [-0.39, 0.29) is 0 Å². The Bertz CT molecular complexity index is 3010. The van der Waals surface area contributed by atoms with Crippen molar-refractivity contribution in [3.05, 3.63) is 158 Å². The highest BCUT2D eigenvalue weighted by Gasteiger charge is 2.20. The number of aromatic nitrogens is 2. The molecule has 47 heavy (non-hydrogen) atoms. The molecule has 3 heterocycles. The van der Waals surface area contributed by atoms with Crippen LogP contribution in [0.15, 0.2) is 158 Å². The van der Waals surface area contributed by atoms with Crippen molar-refractivity contribution >= 4 is 85.9 Å². The summed E-state index contributed by atoms with van der Waals surface area (Å²) in [5, 5.41) is 10.4. The molecule has 3 heteroatoms. The topological polar surface area (TPSA) is 9.86 Å². The minimum Gasteiger partial charge on any atom is -0.309 e. The molecule has 11 aromatic rings. The van der Waals surface area contributed by atoms with Crippen LogP contribution in [0.1, 0.15) is 0 Å². The number of fused-ring (bicyclic) bond motifs is 6. The van der Waals surface area contributed by atoms with Gasteiger partial charge in [-0.1, -0.05) is 84.9 Å². The molecule has 0 aliphatic carbocycles. The summed E-state index contributed by atoms with van der Waals surface area (Å²) in [4.78, 5) is 0. The summed E-state index contributed by atoms with van der Waals surface area (Å²) in [7, 11) is 0. The lowest BCUT2D eigenvalue weighted by molar-refractivity contribution is 1.18. The lowest BCUT2D eigenvalue weighted by Crippen LogP contribution is -1.94. The van der Waals surface area contributed by atoms with E-state index in [1.165, 1.54) is 97.1 Å². The largest absolute Gasteiger partial charge is 0.309 e. The maximum absolute atomic E-state index is 2.49. The van der Waals surface area contributed by atoms with E-state index in [9.17, 15) is 0 Å². The molecule has 0 radical (unpaired) electrons. The molecule has 0 aliphatic heterocycles. The summed E-state index contributed by atoms with van der Waals surface area (Å²) < 4.78 is 7.53. The second kappa shape index (κ2) is 9.32. The Morgan fingerprint density at radius 3 is 2.00 bits per heavy atom. The van der Waals surface area contributed by atoms with Crippen molar-refractivity contribution < 1.29 is 0 Å². The molecule has 0 spiro atoms. The fourth-order valence-corrected chi connectivity index (χ4v) is 9.09. The van der Waals surface area contributed by atoms with E-state index in [0.717, 1.165) is 0 Å². The number of rotatable bonds is 3. The van der Waals surface area contributed by atoms with Crippen LogP contribution in [0, 0.1) is 0 Å². The normalized spacial score (nSPS) is 12.3. The van der Waals surface area contributed by atoms with Crippen LogP contribution in [0.25, 0.3) is 97.1 Å². The third-order valence-electron chi connectivity index (χ3n) is 10.0. The molecule has 3 aromatic heterocycles. The zero-order valence-corrected chi connectivity index (χ0v) is 26.1. The third kappa shape index (κ3) is 3.49. The zero-order valence-electron chi connectivity index (χ0n) is 25.3. The lowest BCUT2D eigenvalue weighted by Gasteiger charge is -2.11. The standard InChI is InChI=1S/C44H26N2S/c1-2-10-31(11-3-1)45-37-14-6-4-12-33(37)35-24-28(19-21-38(35)45)30-23-29-18-17-27-9-8-15-39-43(27)44(29)40(25-30)46(39)32-20-22-42-36(26-32)34-13-5-7-16-41(34)47-42/h1-26H. The second-order valence-corrected chi connectivity index (χ2v) is 13.7. The van der Waals surface area contributed by atoms with Crippen LogP contribution in [0.5, 0.6) is 0 Å². The average Bonchev–Trinajstić information content (AvgIpc) is 3.78. The van der Waals surface area contributed by atoms with Gasteiger partial charge >= 0.3 is 0 Å². The van der Waals surface area contributed by atoms with Crippen molar-refractivity contribution in [2.45, 2.75) is 0 Å². The van der Waals surface area contributed by atoms with Crippen molar-refractivity contribution in [2.75, 3.05) is 0 Å². The molecule has 0 unspecified atom stereocenters. The first kappa shape index (κ1) is 25.3. The van der Waals surface area contributed by atoms with Gasteiger partial charge in [0.15, 0.2) is 0 Å². The molecule has 2 nitrogen and oxygen atoms in total. The second-order valence-electron chi connectivity index (χ2n) is 12.6. The van der Waals surface area contributed by atoms with Gasteiger partial charge in [0.05, 0.1) is 22.1 Å². The number of para-hydroxylation sites is 2. The Morgan fingerprint density at radius 2 is 1.06 bits per heavy atom. The number of hydrogen-bond acceptors (Lipinski definition) is 1. The molecule has 0 saturated carbocycles. The summed E-state index contributed by atoms with van der Waals surface area (Å²) in [5.41, 5.74) is 9.77. The van der Waals surface area contributed by atoms with Crippen LogP contribution >= 0.6 is 11.3 Å². The predicted octanol–water partition coefficient (Wildman–Crippen LogP) is 12.5. The van der Waals surface area contributed by atoms with E-state index < -0.39 is 0 Å². The number of thiophene rings is 1. The van der Waals surface area contributed by atoms with Crippen LogP contribution in [0.3, 0.4) is 0 Å². The quantitative estimate of drug-likeness (QED) is 0.175. The highest BCUT2D eigenvalue weighted by molar-refractivity contribution is 7.25. The molecule has 218 valence electrons. The van der Waals surface area contributed by atoms with E-state index in [2.05, 4.69) is 167 Å². The minimum atomic E-state index is 1.18. The van der Waals surface area contributed by atoms with E-state index in [1.54, 1.807) is 0 Å². The predicted molar refractivity (Wildman–Crippen MR) is 202 cm³/mol. The van der Waals surface area contributed by atoms with Crippen molar-refractivity contribution in [2.24, 2.45) is 0 Å². The van der Waals surface area contributed by atoms with Crippen molar-refractivity contribution in [3.8, 4) is 22.5 Å². The molecule has 0 aliphatic rings. The Kier molecular flexibility index (Phi) is 5.02. The fourth-order valence-electron chi connectivity index (χ4n) is 8.00. The van der Waals surface area contributed by atoms with Gasteiger partial charge in [-0.15, -0.1) is 11.3 Å². The van der Waals surface area contributed by atoms with Gasteiger partial charge in [0.1, 0.15) is 0 Å². The van der Waals surface area contributed by atoms with Gasteiger partial charge < -0.3 is 9.13 Å². The van der Waals surface area contributed by atoms with Gasteiger partial charge in [0.25, 0.3) is 0 Å². The smallest absolute Gasteiger partial charge is 0.0553 e. The first-order valence-electron chi connectivity index (χ1n) is 16.1. The molecule has 0 fully saturated rings. The van der Waals surface area contributed by atoms with Gasteiger partial charge in [-0.05, 0) is 94.7 Å². The molecular weight excluding hydrogens is 589 g/mol. The fraction of sp³-hybridized carbons (Fsp3) is 0. The van der Waals surface area contributed by atoms with Crippen molar-refractivity contribution in [1.29, 1.82) is 0 Å². The van der Waals surface area contributed by atoms with E-state index >= 15 is 0 Å². The summed E-state index contributed by atoms with van der Waals surface area (Å²) in [6.07, 6.45) is 0. The molecular formula is C44H26N2S. The van der Waals surface area contributed by atoms with Crippen LogP contribution in [0.4, 0.5) is 0 Å². The van der Waals surface area contributed by atoms with E-state index in [0.29, 0.717) is 0 Å². The summed E-state index contributed by atoms with van der Waals surface area (Å²) in [6, 6.07) is 58.3. The van der Waals surface area contributed by atoms with Gasteiger partial charge in [-0.25, -0.2) is 0 Å². The number of benzene rings is 8. The molecule has 0 saturated heterocycles. The maximum Gasteiger partial charge on any atom is 0.0553 e.